The second-order valence-corrected chi connectivity index (χ2v) is 8.92. The van der Waals surface area contributed by atoms with Crippen molar-refractivity contribution in [1.82, 2.24) is 19.7 Å². The molecule has 164 valence electrons. The van der Waals surface area contributed by atoms with E-state index in [4.69, 9.17) is 9.15 Å². The van der Waals surface area contributed by atoms with Gasteiger partial charge in [-0.1, -0.05) is 42.1 Å². The number of hydrogen-bond acceptors (Lipinski definition) is 6. The van der Waals surface area contributed by atoms with Gasteiger partial charge in [-0.05, 0) is 56.1 Å². The monoisotopic (exact) mass is 438 g/mol. The number of thioether (sulfide) groups is 1. The number of likely N-dealkylation sites (N-methyl/N-ethyl adjacent to an activating group) is 1. The molecule has 2 aromatic heterocycles. The molecule has 7 heteroatoms. The van der Waals surface area contributed by atoms with E-state index < -0.39 is 0 Å². The molecule has 0 radical (unpaired) electrons. The van der Waals surface area contributed by atoms with Crippen LogP contribution in [0.4, 0.5) is 0 Å². The third-order valence-corrected chi connectivity index (χ3v) is 6.49. The lowest BCUT2D eigenvalue weighted by Gasteiger charge is -2.18. The summed E-state index contributed by atoms with van der Waals surface area (Å²) >= 11 is 1.75. The lowest BCUT2D eigenvalue weighted by molar-refractivity contribution is 0.0935. The van der Waals surface area contributed by atoms with Crippen LogP contribution in [0.3, 0.4) is 0 Å². The zero-order chi connectivity index (χ0) is 21.5. The zero-order valence-electron chi connectivity index (χ0n) is 18.2. The number of aromatic nitrogens is 3. The Kier molecular flexibility index (Phi) is 7.61. The highest BCUT2D eigenvalue weighted by Crippen LogP contribution is 2.26. The Morgan fingerprint density at radius 3 is 2.90 bits per heavy atom. The Labute approximate surface area is 188 Å². The van der Waals surface area contributed by atoms with E-state index in [9.17, 15) is 0 Å². The van der Waals surface area contributed by atoms with Crippen molar-refractivity contribution in [3.8, 4) is 0 Å². The summed E-state index contributed by atoms with van der Waals surface area (Å²) in [5, 5.41) is 10.0. The summed E-state index contributed by atoms with van der Waals surface area (Å²) in [5.74, 6) is 2.74. The molecule has 6 nitrogen and oxygen atoms in total. The first-order chi connectivity index (χ1) is 15.2. The van der Waals surface area contributed by atoms with Crippen LogP contribution in [0.25, 0.3) is 6.08 Å². The van der Waals surface area contributed by atoms with Crippen LogP contribution in [-0.2, 0) is 23.6 Å². The van der Waals surface area contributed by atoms with E-state index in [1.165, 1.54) is 11.1 Å². The molecule has 1 saturated heterocycles. The Morgan fingerprint density at radius 2 is 2.13 bits per heavy atom. The molecule has 1 atom stereocenters. The van der Waals surface area contributed by atoms with Gasteiger partial charge < -0.3 is 13.7 Å². The van der Waals surface area contributed by atoms with Gasteiger partial charge in [-0.25, -0.2) is 0 Å². The molecule has 1 fully saturated rings. The Morgan fingerprint density at radius 1 is 1.23 bits per heavy atom. The van der Waals surface area contributed by atoms with Crippen LogP contribution in [-0.4, -0.2) is 46.0 Å². The van der Waals surface area contributed by atoms with Gasteiger partial charge in [0, 0.05) is 18.9 Å². The van der Waals surface area contributed by atoms with Crippen LogP contribution in [0.1, 0.15) is 35.6 Å². The Balaban J connectivity index is 1.43. The highest BCUT2D eigenvalue weighted by Gasteiger charge is 2.21. The number of hydrogen-bond donors (Lipinski definition) is 0. The van der Waals surface area contributed by atoms with Crippen molar-refractivity contribution in [2.24, 2.45) is 0 Å². The fourth-order valence-electron chi connectivity index (χ4n) is 3.67. The number of ether oxygens (including phenoxy) is 1. The molecule has 0 unspecified atom stereocenters. The molecule has 4 rings (SSSR count). The fourth-order valence-corrected chi connectivity index (χ4v) is 4.72. The molecule has 3 aromatic rings. The summed E-state index contributed by atoms with van der Waals surface area (Å²) in [5.41, 5.74) is 2.64. The molecule has 1 aliphatic rings. The van der Waals surface area contributed by atoms with Crippen LogP contribution in [0.15, 0.2) is 58.3 Å². The van der Waals surface area contributed by atoms with Gasteiger partial charge in [0.15, 0.2) is 5.16 Å². The zero-order valence-corrected chi connectivity index (χ0v) is 19.1. The second-order valence-electron chi connectivity index (χ2n) is 7.97. The van der Waals surface area contributed by atoms with E-state index in [-0.39, 0.29) is 6.10 Å². The van der Waals surface area contributed by atoms with E-state index in [0.29, 0.717) is 0 Å². The van der Waals surface area contributed by atoms with Gasteiger partial charge in [-0.3, -0.25) is 4.90 Å². The number of nitrogens with zero attached hydrogens (tertiary/aromatic N) is 4. The van der Waals surface area contributed by atoms with E-state index in [1.54, 1.807) is 18.0 Å². The van der Waals surface area contributed by atoms with E-state index in [0.717, 1.165) is 61.6 Å². The van der Waals surface area contributed by atoms with Crippen LogP contribution in [0.5, 0.6) is 0 Å². The molecule has 3 heterocycles. The van der Waals surface area contributed by atoms with Crippen molar-refractivity contribution >= 4 is 17.8 Å². The van der Waals surface area contributed by atoms with E-state index in [2.05, 4.69) is 64.0 Å². The molecule has 0 bridgehead atoms. The Bertz CT molecular complexity index is 977. The van der Waals surface area contributed by atoms with Crippen molar-refractivity contribution in [3.63, 3.8) is 0 Å². The smallest absolute Gasteiger partial charge is 0.191 e. The first kappa shape index (κ1) is 21.9. The summed E-state index contributed by atoms with van der Waals surface area (Å²) in [6.07, 6.45) is 8.26. The molecule has 1 aromatic carbocycles. The lowest BCUT2D eigenvalue weighted by Crippen LogP contribution is -2.23. The molecular weight excluding hydrogens is 408 g/mol. The third-order valence-electron chi connectivity index (χ3n) is 5.48. The fraction of sp³-hybridized carbons (Fsp3) is 0.417. The summed E-state index contributed by atoms with van der Waals surface area (Å²) in [7, 11) is 2.09. The lowest BCUT2D eigenvalue weighted by atomic mass is 10.1. The standard InChI is InChI=1S/C24H30N4O2S/c1-19-8-3-4-9-20(19)18-31-24-26-25-23(28(24)16-22-12-7-15-30-22)17-27(2)13-5-10-21-11-6-14-29-21/h3-6,8-11,14,22H,7,12-13,15-18H2,1-2H3/b10-5+/t22-/m0/s1. The first-order valence-electron chi connectivity index (χ1n) is 10.8. The van der Waals surface area contributed by atoms with Crippen molar-refractivity contribution in [2.75, 3.05) is 20.2 Å². The third kappa shape index (κ3) is 6.09. The van der Waals surface area contributed by atoms with Crippen molar-refractivity contribution in [1.29, 1.82) is 0 Å². The number of rotatable bonds is 10. The molecule has 31 heavy (non-hydrogen) atoms. The predicted molar refractivity (Wildman–Crippen MR) is 124 cm³/mol. The van der Waals surface area contributed by atoms with E-state index in [1.807, 2.05) is 18.2 Å². The average Bonchev–Trinajstić information content (AvgIpc) is 3.52. The minimum atomic E-state index is 0.247. The molecule has 0 spiro atoms. The van der Waals surface area contributed by atoms with E-state index >= 15 is 0 Å². The van der Waals surface area contributed by atoms with Crippen molar-refractivity contribution in [3.05, 3.63) is 71.4 Å². The van der Waals surface area contributed by atoms with Gasteiger partial charge in [0.1, 0.15) is 11.6 Å². The maximum absolute atomic E-state index is 5.91. The van der Waals surface area contributed by atoms with Gasteiger partial charge in [0.05, 0.1) is 25.5 Å². The van der Waals surface area contributed by atoms with Gasteiger partial charge in [0.25, 0.3) is 0 Å². The van der Waals surface area contributed by atoms with Gasteiger partial charge >= 0.3 is 0 Å². The van der Waals surface area contributed by atoms with Crippen molar-refractivity contribution < 1.29 is 9.15 Å². The second kappa shape index (κ2) is 10.8. The normalized spacial score (nSPS) is 16.7. The van der Waals surface area contributed by atoms with Crippen LogP contribution in [0.2, 0.25) is 0 Å². The Hall–Kier alpha value is -2.35. The number of furan rings is 1. The molecule has 0 N–H and O–H groups in total. The summed E-state index contributed by atoms with van der Waals surface area (Å²) in [6.45, 7) is 5.36. The average molecular weight is 439 g/mol. The quantitative estimate of drug-likeness (QED) is 0.424. The van der Waals surface area contributed by atoms with Crippen LogP contribution < -0.4 is 0 Å². The molecule has 1 aliphatic heterocycles. The largest absolute Gasteiger partial charge is 0.465 e. The SMILES string of the molecule is Cc1ccccc1CSc1nnc(CN(C)C/C=C/c2ccco2)n1C[C@@H]1CCCO1. The summed E-state index contributed by atoms with van der Waals surface area (Å²) < 4.78 is 13.5. The van der Waals surface area contributed by atoms with Gasteiger partial charge in [-0.15, -0.1) is 10.2 Å². The number of benzene rings is 1. The van der Waals surface area contributed by atoms with Gasteiger partial charge in [0.2, 0.25) is 0 Å². The summed E-state index contributed by atoms with van der Waals surface area (Å²) in [6, 6.07) is 12.4. The molecular formula is C24H30N4O2S. The summed E-state index contributed by atoms with van der Waals surface area (Å²) in [4.78, 5) is 2.23. The van der Waals surface area contributed by atoms with Crippen molar-refractivity contribution in [2.45, 2.75) is 49.9 Å². The molecule has 0 aliphatic carbocycles. The first-order valence-corrected chi connectivity index (χ1v) is 11.8. The topological polar surface area (TPSA) is 56.3 Å². The molecule has 0 saturated carbocycles. The maximum Gasteiger partial charge on any atom is 0.191 e. The minimum Gasteiger partial charge on any atom is -0.465 e. The minimum absolute atomic E-state index is 0.247. The van der Waals surface area contributed by atoms with Crippen LogP contribution >= 0.6 is 11.8 Å². The highest BCUT2D eigenvalue weighted by atomic mass is 32.2. The maximum atomic E-state index is 5.91. The van der Waals surface area contributed by atoms with Crippen LogP contribution in [0, 0.1) is 6.92 Å². The van der Waals surface area contributed by atoms with Gasteiger partial charge in [-0.2, -0.15) is 0 Å². The highest BCUT2D eigenvalue weighted by molar-refractivity contribution is 7.98. The number of aryl methyl sites for hydroxylation is 1. The molecule has 0 amide bonds. The predicted octanol–water partition coefficient (Wildman–Crippen LogP) is 4.80.